The van der Waals surface area contributed by atoms with E-state index in [-0.39, 0.29) is 5.75 Å². The molecule has 3 rings (SSSR count). The molecule has 2 unspecified atom stereocenters. The summed E-state index contributed by atoms with van der Waals surface area (Å²) in [6.07, 6.45) is 0.0883. The molecule has 2 fully saturated rings. The van der Waals surface area contributed by atoms with Crippen LogP contribution in [-0.4, -0.2) is 18.9 Å². The van der Waals surface area contributed by atoms with Crippen molar-refractivity contribution in [2.45, 2.75) is 44.0 Å². The molecule has 20 heavy (non-hydrogen) atoms. The topological polar surface area (TPSA) is 21.3 Å². The molecular weight excluding hydrogens is 267 g/mol. The van der Waals surface area contributed by atoms with Gasteiger partial charge in [-0.15, -0.1) is 13.2 Å². The minimum atomic E-state index is -4.62. The molecule has 1 N–H and O–H groups in total. The van der Waals surface area contributed by atoms with Crippen LogP contribution in [0.4, 0.5) is 13.2 Å². The van der Waals surface area contributed by atoms with Crippen LogP contribution in [0.5, 0.6) is 5.75 Å². The zero-order valence-corrected chi connectivity index (χ0v) is 11.1. The molecule has 2 saturated carbocycles. The highest BCUT2D eigenvalue weighted by molar-refractivity contribution is 5.32. The van der Waals surface area contributed by atoms with Crippen molar-refractivity contribution < 1.29 is 17.9 Å². The van der Waals surface area contributed by atoms with Crippen LogP contribution in [0.2, 0.25) is 0 Å². The Morgan fingerprint density at radius 3 is 2.55 bits per heavy atom. The Morgan fingerprint density at radius 1 is 1.15 bits per heavy atom. The van der Waals surface area contributed by atoms with Crippen LogP contribution in [0.3, 0.4) is 0 Å². The molecule has 0 heterocycles. The second-order valence-electron chi connectivity index (χ2n) is 5.75. The number of halogens is 3. The highest BCUT2D eigenvalue weighted by atomic mass is 19.4. The van der Waals surface area contributed by atoms with Gasteiger partial charge in [-0.25, -0.2) is 0 Å². The van der Waals surface area contributed by atoms with E-state index in [0.717, 1.165) is 24.9 Å². The summed E-state index contributed by atoms with van der Waals surface area (Å²) in [7, 11) is 0. The lowest BCUT2D eigenvalue weighted by molar-refractivity contribution is -0.274. The van der Waals surface area contributed by atoms with E-state index in [4.69, 9.17) is 0 Å². The average molecular weight is 285 g/mol. The van der Waals surface area contributed by atoms with E-state index in [9.17, 15) is 13.2 Å². The van der Waals surface area contributed by atoms with Crippen LogP contribution >= 0.6 is 0 Å². The quantitative estimate of drug-likeness (QED) is 0.887. The zero-order valence-electron chi connectivity index (χ0n) is 11.1. The van der Waals surface area contributed by atoms with Crippen LogP contribution in [0.1, 0.15) is 37.2 Å². The van der Waals surface area contributed by atoms with E-state index >= 15 is 0 Å². The number of hydrogen-bond donors (Lipinski definition) is 1. The highest BCUT2D eigenvalue weighted by Gasteiger charge is 2.35. The van der Waals surface area contributed by atoms with E-state index in [2.05, 4.69) is 10.1 Å². The third kappa shape index (κ3) is 3.45. The molecule has 110 valence electrons. The third-order valence-electron chi connectivity index (χ3n) is 4.18. The Hall–Kier alpha value is -1.23. The van der Waals surface area contributed by atoms with Gasteiger partial charge in [0.05, 0.1) is 0 Å². The van der Waals surface area contributed by atoms with Crippen molar-refractivity contribution in [1.29, 1.82) is 0 Å². The van der Waals surface area contributed by atoms with E-state index in [1.165, 1.54) is 25.0 Å². The molecule has 0 amide bonds. The van der Waals surface area contributed by atoms with Crippen LogP contribution in [0, 0.1) is 5.92 Å². The summed E-state index contributed by atoms with van der Waals surface area (Å²) in [5.74, 6) is 0.783. The second-order valence-corrected chi connectivity index (χ2v) is 5.75. The minimum absolute atomic E-state index is 0.115. The summed E-state index contributed by atoms with van der Waals surface area (Å²) in [4.78, 5) is 0. The largest absolute Gasteiger partial charge is 0.573 e. The molecule has 5 heteroatoms. The Balaban J connectivity index is 1.62. The van der Waals surface area contributed by atoms with Gasteiger partial charge in [0.1, 0.15) is 5.75 Å². The Kier molecular flexibility index (Phi) is 3.63. The molecule has 0 bridgehead atoms. The van der Waals surface area contributed by atoms with E-state index in [1.54, 1.807) is 6.07 Å². The number of nitrogens with one attached hydrogen (secondary N) is 1. The van der Waals surface area contributed by atoms with Gasteiger partial charge in [-0.05, 0) is 61.8 Å². The molecule has 0 radical (unpaired) electrons. The van der Waals surface area contributed by atoms with Crippen molar-refractivity contribution >= 4 is 0 Å². The first kappa shape index (κ1) is 13.7. The normalized spacial score (nSPS) is 26.1. The first-order chi connectivity index (χ1) is 9.51. The molecule has 1 aromatic rings. The second kappa shape index (κ2) is 5.28. The molecule has 2 aliphatic carbocycles. The summed E-state index contributed by atoms with van der Waals surface area (Å²) in [5, 5.41) is 3.50. The summed E-state index contributed by atoms with van der Waals surface area (Å²) in [5.41, 5.74) is 0.959. The number of ether oxygens (including phenoxy) is 1. The van der Waals surface area contributed by atoms with Crippen molar-refractivity contribution in [3.63, 3.8) is 0 Å². The Morgan fingerprint density at radius 2 is 1.95 bits per heavy atom. The van der Waals surface area contributed by atoms with Crippen LogP contribution in [-0.2, 0) is 0 Å². The molecule has 2 nitrogen and oxygen atoms in total. The number of hydrogen-bond acceptors (Lipinski definition) is 2. The molecule has 2 aliphatic rings. The van der Waals surface area contributed by atoms with Gasteiger partial charge in [-0.3, -0.25) is 0 Å². The fourth-order valence-corrected chi connectivity index (χ4v) is 2.80. The van der Waals surface area contributed by atoms with Gasteiger partial charge in [0.15, 0.2) is 0 Å². The number of rotatable bonds is 5. The Bertz CT molecular complexity index is 470. The van der Waals surface area contributed by atoms with Gasteiger partial charge in [-0.1, -0.05) is 12.1 Å². The number of benzene rings is 1. The molecule has 1 aromatic carbocycles. The molecule has 0 saturated heterocycles. The molecule has 2 atom stereocenters. The lowest BCUT2D eigenvalue weighted by atomic mass is 9.70. The molecule has 0 aromatic heterocycles. The van der Waals surface area contributed by atoms with Crippen molar-refractivity contribution in [2.24, 2.45) is 5.92 Å². The van der Waals surface area contributed by atoms with Gasteiger partial charge in [0.2, 0.25) is 0 Å². The van der Waals surface area contributed by atoms with Gasteiger partial charge in [-0.2, -0.15) is 0 Å². The monoisotopic (exact) mass is 285 g/mol. The van der Waals surface area contributed by atoms with Crippen LogP contribution in [0.15, 0.2) is 24.3 Å². The van der Waals surface area contributed by atoms with Gasteiger partial charge in [0.25, 0.3) is 0 Å². The summed E-state index contributed by atoms with van der Waals surface area (Å²) >= 11 is 0. The fraction of sp³-hybridized carbons (Fsp3) is 0.600. The third-order valence-corrected chi connectivity index (χ3v) is 4.18. The summed E-state index contributed by atoms with van der Waals surface area (Å²) in [6.45, 7) is 0.972. The number of alkyl halides is 3. The minimum Gasteiger partial charge on any atom is -0.406 e. The maximum Gasteiger partial charge on any atom is 0.573 e. The summed E-state index contributed by atoms with van der Waals surface area (Å²) in [6, 6.07) is 7.10. The van der Waals surface area contributed by atoms with E-state index < -0.39 is 6.36 Å². The van der Waals surface area contributed by atoms with Crippen molar-refractivity contribution in [3.8, 4) is 5.75 Å². The maximum absolute atomic E-state index is 12.2. The van der Waals surface area contributed by atoms with Crippen LogP contribution in [0.25, 0.3) is 0 Å². The Labute approximate surface area is 116 Å². The first-order valence-electron chi connectivity index (χ1n) is 7.10. The smallest absolute Gasteiger partial charge is 0.406 e. The van der Waals surface area contributed by atoms with E-state index in [0.29, 0.717) is 17.9 Å². The van der Waals surface area contributed by atoms with Crippen LogP contribution < -0.4 is 10.1 Å². The van der Waals surface area contributed by atoms with Crippen molar-refractivity contribution in [1.82, 2.24) is 5.32 Å². The predicted octanol–water partition coefficient (Wildman–Crippen LogP) is 3.83. The van der Waals surface area contributed by atoms with Gasteiger partial charge >= 0.3 is 6.36 Å². The standard InChI is InChI=1S/C15H18F3NO/c16-15(17,18)20-13-3-1-2-10(8-13)14-7-4-11(14)9-19-12-5-6-12/h1-3,8,11-12,14,19H,4-7,9H2. The SMILES string of the molecule is FC(F)(F)Oc1cccc(C2CCC2CNC2CC2)c1. The van der Waals surface area contributed by atoms with E-state index in [1.807, 2.05) is 6.07 Å². The first-order valence-corrected chi connectivity index (χ1v) is 7.10. The average Bonchev–Trinajstić information content (AvgIpc) is 3.10. The summed E-state index contributed by atoms with van der Waals surface area (Å²) < 4.78 is 40.7. The lowest BCUT2D eigenvalue weighted by Gasteiger charge is -2.37. The highest BCUT2D eigenvalue weighted by Crippen LogP contribution is 2.43. The fourth-order valence-electron chi connectivity index (χ4n) is 2.80. The lowest BCUT2D eigenvalue weighted by Crippen LogP contribution is -2.34. The molecule has 0 spiro atoms. The maximum atomic E-state index is 12.2. The predicted molar refractivity (Wildman–Crippen MR) is 69.6 cm³/mol. The van der Waals surface area contributed by atoms with Gasteiger partial charge < -0.3 is 10.1 Å². The van der Waals surface area contributed by atoms with Gasteiger partial charge in [0, 0.05) is 6.04 Å². The molecular formula is C15H18F3NO. The van der Waals surface area contributed by atoms with Crippen molar-refractivity contribution in [2.75, 3.05) is 6.54 Å². The molecule has 0 aliphatic heterocycles. The van der Waals surface area contributed by atoms with Crippen molar-refractivity contribution in [3.05, 3.63) is 29.8 Å². The zero-order chi connectivity index (χ0) is 14.2.